The maximum Gasteiger partial charge on any atom is 0.305 e. The van der Waals surface area contributed by atoms with Crippen LogP contribution >= 0.6 is 0 Å². The molecule has 2 aliphatic rings. The van der Waals surface area contributed by atoms with Gasteiger partial charge >= 0.3 is 5.97 Å². The van der Waals surface area contributed by atoms with E-state index in [0.717, 1.165) is 12.8 Å². The Morgan fingerprint density at radius 1 is 1.22 bits per heavy atom. The van der Waals surface area contributed by atoms with Crippen molar-refractivity contribution in [3.8, 4) is 0 Å². The number of carboxylic acid groups (broad SMARTS) is 1. The molecule has 5 heteroatoms. The Morgan fingerprint density at radius 3 is 2.43 bits per heavy atom. The predicted molar refractivity (Wildman–Crippen MR) is 88.2 cm³/mol. The minimum Gasteiger partial charge on any atom is -0.481 e. The topological polar surface area (TPSA) is 75.6 Å². The second kappa shape index (κ2) is 8.67. The summed E-state index contributed by atoms with van der Waals surface area (Å²) in [5, 5.41) is 12.3. The van der Waals surface area contributed by atoms with Gasteiger partial charge in [0, 0.05) is 19.1 Å². The van der Waals surface area contributed by atoms with Crippen molar-refractivity contribution < 1.29 is 19.4 Å². The molecule has 1 heterocycles. The largest absolute Gasteiger partial charge is 0.481 e. The van der Waals surface area contributed by atoms with Gasteiger partial charge in [0.05, 0.1) is 12.0 Å². The van der Waals surface area contributed by atoms with Crippen molar-refractivity contribution in [3.05, 3.63) is 0 Å². The first-order valence-electron chi connectivity index (χ1n) is 9.16. The summed E-state index contributed by atoms with van der Waals surface area (Å²) in [7, 11) is 0. The number of rotatable bonds is 7. The number of hydrogen-bond acceptors (Lipinski definition) is 3. The van der Waals surface area contributed by atoms with E-state index in [1.165, 1.54) is 32.1 Å². The lowest BCUT2D eigenvalue weighted by Crippen LogP contribution is -2.54. The molecule has 1 atom stereocenters. The first-order valence-corrected chi connectivity index (χ1v) is 9.16. The number of carbonyl (C=O) groups is 2. The van der Waals surface area contributed by atoms with Crippen molar-refractivity contribution in [1.82, 2.24) is 5.32 Å². The standard InChI is InChI=1S/C18H31NO4/c1-2-15(12-14-6-4-3-5-7-14)17(22)19-18(13-16(20)21)8-10-23-11-9-18/h14-15H,2-13H2,1H3,(H,19,22)(H,20,21). The third-order valence-electron chi connectivity index (χ3n) is 5.53. The van der Waals surface area contributed by atoms with Crippen LogP contribution in [0.3, 0.4) is 0 Å². The van der Waals surface area contributed by atoms with Gasteiger partial charge < -0.3 is 15.2 Å². The normalized spacial score (nSPS) is 23.2. The molecule has 0 aromatic heterocycles. The number of aliphatic carboxylic acids is 1. The first kappa shape index (κ1) is 18.2. The van der Waals surface area contributed by atoms with Crippen LogP contribution in [0.5, 0.6) is 0 Å². The zero-order chi connectivity index (χ0) is 16.7. The summed E-state index contributed by atoms with van der Waals surface area (Å²) < 4.78 is 5.35. The molecular formula is C18H31NO4. The lowest BCUT2D eigenvalue weighted by molar-refractivity contribution is -0.141. The highest BCUT2D eigenvalue weighted by Gasteiger charge is 2.38. The number of ether oxygens (including phenoxy) is 1. The van der Waals surface area contributed by atoms with Gasteiger partial charge in [0.15, 0.2) is 0 Å². The van der Waals surface area contributed by atoms with Crippen LogP contribution in [0.4, 0.5) is 0 Å². The van der Waals surface area contributed by atoms with Crippen molar-refractivity contribution >= 4 is 11.9 Å². The highest BCUT2D eigenvalue weighted by molar-refractivity contribution is 5.80. The molecule has 1 unspecified atom stereocenters. The van der Waals surface area contributed by atoms with Crippen molar-refractivity contribution in [2.75, 3.05) is 13.2 Å². The van der Waals surface area contributed by atoms with E-state index in [2.05, 4.69) is 12.2 Å². The molecule has 132 valence electrons. The van der Waals surface area contributed by atoms with Gasteiger partial charge in [0.1, 0.15) is 0 Å². The summed E-state index contributed by atoms with van der Waals surface area (Å²) in [6.07, 6.45) is 9.28. The minimum atomic E-state index is -0.854. The SMILES string of the molecule is CCC(CC1CCCCC1)C(=O)NC1(CC(=O)O)CCOCC1. The quantitative estimate of drug-likeness (QED) is 0.754. The Bertz CT molecular complexity index is 398. The van der Waals surface area contributed by atoms with Crippen LogP contribution in [-0.2, 0) is 14.3 Å². The summed E-state index contributed by atoms with van der Waals surface area (Å²) in [4.78, 5) is 24.0. The van der Waals surface area contributed by atoms with Gasteiger partial charge in [-0.1, -0.05) is 39.0 Å². The average Bonchev–Trinajstić information content (AvgIpc) is 2.53. The van der Waals surface area contributed by atoms with Crippen LogP contribution in [0.15, 0.2) is 0 Å². The lowest BCUT2D eigenvalue weighted by Gasteiger charge is -2.38. The molecule has 0 bridgehead atoms. The molecule has 0 aromatic carbocycles. The van der Waals surface area contributed by atoms with Crippen molar-refractivity contribution in [2.24, 2.45) is 11.8 Å². The van der Waals surface area contributed by atoms with Crippen LogP contribution in [-0.4, -0.2) is 35.7 Å². The lowest BCUT2D eigenvalue weighted by atomic mass is 9.80. The van der Waals surface area contributed by atoms with Crippen molar-refractivity contribution in [3.63, 3.8) is 0 Å². The van der Waals surface area contributed by atoms with Gasteiger partial charge in [-0.25, -0.2) is 0 Å². The van der Waals surface area contributed by atoms with E-state index in [-0.39, 0.29) is 18.2 Å². The molecule has 2 fully saturated rings. The molecule has 1 aliphatic heterocycles. The van der Waals surface area contributed by atoms with E-state index in [4.69, 9.17) is 4.74 Å². The maximum absolute atomic E-state index is 12.8. The van der Waals surface area contributed by atoms with Gasteiger partial charge in [-0.05, 0) is 31.6 Å². The molecule has 1 amide bonds. The third-order valence-corrected chi connectivity index (χ3v) is 5.53. The van der Waals surface area contributed by atoms with Crippen molar-refractivity contribution in [1.29, 1.82) is 0 Å². The zero-order valence-corrected chi connectivity index (χ0v) is 14.3. The Balaban J connectivity index is 1.95. The highest BCUT2D eigenvalue weighted by Crippen LogP contribution is 2.31. The van der Waals surface area contributed by atoms with E-state index >= 15 is 0 Å². The summed E-state index contributed by atoms with van der Waals surface area (Å²) in [5.41, 5.74) is -0.624. The highest BCUT2D eigenvalue weighted by atomic mass is 16.5. The van der Waals surface area contributed by atoms with E-state index in [9.17, 15) is 14.7 Å². The second-order valence-corrected chi connectivity index (χ2v) is 7.30. The minimum absolute atomic E-state index is 0.00612. The molecule has 0 radical (unpaired) electrons. The van der Waals surface area contributed by atoms with Crippen LogP contribution in [0.1, 0.15) is 71.1 Å². The molecule has 2 rings (SSSR count). The molecule has 0 aromatic rings. The molecule has 5 nitrogen and oxygen atoms in total. The molecule has 1 saturated carbocycles. The molecular weight excluding hydrogens is 294 g/mol. The van der Waals surface area contributed by atoms with E-state index < -0.39 is 11.5 Å². The number of hydrogen-bond donors (Lipinski definition) is 2. The Kier molecular flexibility index (Phi) is 6.88. The molecule has 23 heavy (non-hydrogen) atoms. The van der Waals surface area contributed by atoms with E-state index in [0.29, 0.717) is 32.0 Å². The van der Waals surface area contributed by atoms with E-state index in [1.54, 1.807) is 0 Å². The van der Waals surface area contributed by atoms with Gasteiger partial charge in [-0.15, -0.1) is 0 Å². The van der Waals surface area contributed by atoms with Gasteiger partial charge in [-0.2, -0.15) is 0 Å². The van der Waals surface area contributed by atoms with Crippen LogP contribution in [0, 0.1) is 11.8 Å². The number of carbonyl (C=O) groups excluding carboxylic acids is 1. The van der Waals surface area contributed by atoms with Crippen LogP contribution in [0.2, 0.25) is 0 Å². The smallest absolute Gasteiger partial charge is 0.305 e. The zero-order valence-electron chi connectivity index (χ0n) is 14.3. The summed E-state index contributed by atoms with van der Waals surface area (Å²) in [6.45, 7) is 3.10. The van der Waals surface area contributed by atoms with Crippen LogP contribution in [0.25, 0.3) is 0 Å². The maximum atomic E-state index is 12.8. The molecule has 1 saturated heterocycles. The first-order chi connectivity index (χ1) is 11.0. The average molecular weight is 325 g/mol. The van der Waals surface area contributed by atoms with Crippen LogP contribution < -0.4 is 5.32 Å². The molecule has 0 spiro atoms. The Hall–Kier alpha value is -1.10. The fourth-order valence-electron chi connectivity index (χ4n) is 4.05. The monoisotopic (exact) mass is 325 g/mol. The summed E-state index contributed by atoms with van der Waals surface area (Å²) in [5.74, 6) is -0.148. The predicted octanol–water partition coefficient (Wildman–Crippen LogP) is 3.12. The summed E-state index contributed by atoms with van der Waals surface area (Å²) >= 11 is 0. The second-order valence-electron chi connectivity index (χ2n) is 7.30. The number of amides is 1. The number of carboxylic acids is 1. The van der Waals surface area contributed by atoms with E-state index in [1.807, 2.05) is 0 Å². The summed E-state index contributed by atoms with van der Waals surface area (Å²) in [6, 6.07) is 0. The van der Waals surface area contributed by atoms with Crippen molar-refractivity contribution in [2.45, 2.75) is 76.7 Å². The van der Waals surface area contributed by atoms with Gasteiger partial charge in [-0.3, -0.25) is 9.59 Å². The number of nitrogens with one attached hydrogen (secondary N) is 1. The van der Waals surface area contributed by atoms with Gasteiger partial charge in [0.25, 0.3) is 0 Å². The molecule has 1 aliphatic carbocycles. The Morgan fingerprint density at radius 2 is 1.87 bits per heavy atom. The van der Waals surface area contributed by atoms with Gasteiger partial charge in [0.2, 0.25) is 5.91 Å². The fourth-order valence-corrected chi connectivity index (χ4v) is 4.05. The molecule has 2 N–H and O–H groups in total. The third kappa shape index (κ3) is 5.48. The fraction of sp³-hybridized carbons (Fsp3) is 0.889. The Labute approximate surface area is 139 Å².